The molecule has 0 spiro atoms. The lowest BCUT2D eigenvalue weighted by molar-refractivity contribution is -0.131. The third kappa shape index (κ3) is 4.98. The lowest BCUT2D eigenvalue weighted by atomic mass is 9.88. The number of benzene rings is 3. The molecule has 0 saturated carbocycles. The minimum absolute atomic E-state index is 0.139. The molecule has 3 N–H and O–H groups in total. The molecule has 10 nitrogen and oxygen atoms in total. The molecule has 0 bridgehead atoms. The number of carbonyl (C=O) groups is 3. The number of hydrogen-bond acceptors (Lipinski definition) is 7. The van der Waals surface area contributed by atoms with Gasteiger partial charge in [0.25, 0.3) is 11.8 Å². The second-order valence-corrected chi connectivity index (χ2v) is 11.6. The average Bonchev–Trinajstić information content (AvgIpc) is 3.30. The number of rotatable bonds is 6. The van der Waals surface area contributed by atoms with Gasteiger partial charge in [-0.25, -0.2) is 13.1 Å². The number of fused-ring (bicyclic) bond motifs is 3. The van der Waals surface area contributed by atoms with Gasteiger partial charge in [0.2, 0.25) is 0 Å². The average molecular weight is 559 g/mol. The first-order valence-electron chi connectivity index (χ1n) is 12.4. The quantitative estimate of drug-likeness (QED) is 0.271. The van der Waals surface area contributed by atoms with Crippen molar-refractivity contribution in [3.05, 3.63) is 88.6 Å². The van der Waals surface area contributed by atoms with Gasteiger partial charge in [0, 0.05) is 41.1 Å². The summed E-state index contributed by atoms with van der Waals surface area (Å²) in [4.78, 5) is 37.1. The largest absolute Gasteiger partial charge is 0.426 e. The third-order valence-electron chi connectivity index (χ3n) is 6.78. The summed E-state index contributed by atoms with van der Waals surface area (Å²) in [5.41, 5.74) is 10.8. The van der Waals surface area contributed by atoms with E-state index in [0.717, 1.165) is 17.4 Å². The van der Waals surface area contributed by atoms with E-state index in [1.54, 1.807) is 48.0 Å². The van der Waals surface area contributed by atoms with Crippen molar-refractivity contribution in [1.82, 2.24) is 9.78 Å². The van der Waals surface area contributed by atoms with Crippen LogP contribution in [0.5, 0.6) is 5.75 Å². The van der Waals surface area contributed by atoms with Gasteiger partial charge in [0.1, 0.15) is 5.75 Å². The molecule has 1 aliphatic rings. The van der Waals surface area contributed by atoms with Crippen molar-refractivity contribution in [3.63, 3.8) is 0 Å². The molecule has 5 rings (SSSR count). The first kappa shape index (κ1) is 26.8. The standard InChI is InChI=1S/C29H26N4O6S/c1-16-22(5-4-6-25(16)39-17(2)34)29(36)31-19-9-7-18-8-14-23-26(28(30)35)32-33(27(23)24(18)15-19)20-10-12-21(13-11-20)40(3,37)38/h4-7,9-13,15H,8,14H2,1-3H3,(H2,30,35)(H,31,36). The summed E-state index contributed by atoms with van der Waals surface area (Å²) in [7, 11) is -3.40. The molecular formula is C29H26N4O6S. The molecule has 0 saturated heterocycles. The van der Waals surface area contributed by atoms with Crippen molar-refractivity contribution in [3.8, 4) is 22.7 Å². The van der Waals surface area contributed by atoms with Gasteiger partial charge in [-0.2, -0.15) is 5.10 Å². The fourth-order valence-corrected chi connectivity index (χ4v) is 5.49. The van der Waals surface area contributed by atoms with Gasteiger partial charge < -0.3 is 15.8 Å². The second kappa shape index (κ2) is 10.1. The zero-order chi connectivity index (χ0) is 28.8. The molecule has 11 heteroatoms. The Morgan fingerprint density at radius 2 is 1.75 bits per heavy atom. The topological polar surface area (TPSA) is 150 Å². The summed E-state index contributed by atoms with van der Waals surface area (Å²) >= 11 is 0. The first-order chi connectivity index (χ1) is 18.9. The fraction of sp³-hybridized carbons (Fsp3) is 0.172. The number of hydrogen-bond donors (Lipinski definition) is 2. The van der Waals surface area contributed by atoms with Crippen LogP contribution in [0.3, 0.4) is 0 Å². The second-order valence-electron chi connectivity index (χ2n) is 9.57. The molecule has 1 aromatic heterocycles. The van der Waals surface area contributed by atoms with Crippen LogP contribution in [0.25, 0.3) is 16.9 Å². The molecule has 0 unspecified atom stereocenters. The molecule has 0 fully saturated rings. The summed E-state index contributed by atoms with van der Waals surface area (Å²) in [6.07, 6.45) is 2.30. The monoisotopic (exact) mass is 558 g/mol. The minimum atomic E-state index is -3.40. The zero-order valence-electron chi connectivity index (χ0n) is 22.0. The van der Waals surface area contributed by atoms with Crippen molar-refractivity contribution in [2.24, 2.45) is 5.73 Å². The van der Waals surface area contributed by atoms with E-state index < -0.39 is 21.7 Å². The van der Waals surface area contributed by atoms with Gasteiger partial charge in [-0.15, -0.1) is 0 Å². The number of amides is 2. The van der Waals surface area contributed by atoms with E-state index >= 15 is 0 Å². The smallest absolute Gasteiger partial charge is 0.308 e. The number of nitrogens with two attached hydrogens (primary N) is 1. The number of primary amides is 1. The predicted octanol–water partition coefficient (Wildman–Crippen LogP) is 3.63. The summed E-state index contributed by atoms with van der Waals surface area (Å²) in [5, 5.41) is 7.41. The zero-order valence-corrected chi connectivity index (χ0v) is 22.8. The molecule has 204 valence electrons. The maximum Gasteiger partial charge on any atom is 0.308 e. The van der Waals surface area contributed by atoms with E-state index in [0.29, 0.717) is 52.4 Å². The molecule has 2 amide bonds. The van der Waals surface area contributed by atoms with Gasteiger partial charge in [0.05, 0.1) is 16.3 Å². The molecule has 40 heavy (non-hydrogen) atoms. The van der Waals surface area contributed by atoms with Crippen LogP contribution in [-0.4, -0.2) is 42.2 Å². The summed E-state index contributed by atoms with van der Waals surface area (Å²) in [5.74, 6) is -1.23. The van der Waals surface area contributed by atoms with E-state index in [-0.39, 0.29) is 16.5 Å². The van der Waals surface area contributed by atoms with E-state index in [2.05, 4.69) is 10.4 Å². The third-order valence-corrected chi connectivity index (χ3v) is 7.90. The number of nitrogens with zero attached hydrogens (tertiary/aromatic N) is 2. The van der Waals surface area contributed by atoms with Crippen molar-refractivity contribution in [2.45, 2.75) is 31.6 Å². The number of sulfone groups is 1. The van der Waals surface area contributed by atoms with Gasteiger partial charge in [0.15, 0.2) is 15.5 Å². The Morgan fingerprint density at radius 3 is 2.40 bits per heavy atom. The molecule has 3 aromatic carbocycles. The lowest BCUT2D eigenvalue weighted by Crippen LogP contribution is -2.16. The Bertz CT molecular complexity index is 1810. The lowest BCUT2D eigenvalue weighted by Gasteiger charge is -2.20. The Morgan fingerprint density at radius 1 is 1.02 bits per heavy atom. The normalized spacial score (nSPS) is 12.3. The Kier molecular flexibility index (Phi) is 6.76. The van der Waals surface area contributed by atoms with Crippen LogP contribution in [0.2, 0.25) is 0 Å². The van der Waals surface area contributed by atoms with Crippen LogP contribution in [0.15, 0.2) is 65.6 Å². The first-order valence-corrected chi connectivity index (χ1v) is 14.3. The van der Waals surface area contributed by atoms with Crippen LogP contribution in [-0.2, 0) is 27.5 Å². The highest BCUT2D eigenvalue weighted by Crippen LogP contribution is 2.38. The maximum absolute atomic E-state index is 13.2. The highest BCUT2D eigenvalue weighted by Gasteiger charge is 2.28. The SMILES string of the molecule is CC(=O)Oc1cccc(C(=O)Nc2ccc3c(c2)-c2c(c(C(N)=O)nn2-c2ccc(S(C)(=O)=O)cc2)CC3)c1C. The Labute approximate surface area is 230 Å². The number of anilines is 1. The van der Waals surface area contributed by atoms with Gasteiger partial charge >= 0.3 is 5.97 Å². The predicted molar refractivity (Wildman–Crippen MR) is 148 cm³/mol. The number of carbonyl (C=O) groups excluding carboxylic acids is 3. The number of aryl methyl sites for hydroxylation is 1. The number of nitrogens with one attached hydrogen (secondary N) is 1. The molecular weight excluding hydrogens is 532 g/mol. The summed E-state index contributed by atoms with van der Waals surface area (Å²) in [6, 6.07) is 16.6. The van der Waals surface area contributed by atoms with E-state index in [1.165, 1.54) is 19.1 Å². The molecule has 4 aromatic rings. The Balaban J connectivity index is 1.56. The molecule has 0 radical (unpaired) electrons. The van der Waals surface area contributed by atoms with E-state index in [4.69, 9.17) is 10.5 Å². The van der Waals surface area contributed by atoms with Gasteiger partial charge in [-0.05, 0) is 73.9 Å². The van der Waals surface area contributed by atoms with Crippen molar-refractivity contribution in [2.75, 3.05) is 11.6 Å². The highest BCUT2D eigenvalue weighted by molar-refractivity contribution is 7.90. The number of aromatic nitrogens is 2. The van der Waals surface area contributed by atoms with Gasteiger partial charge in [-0.3, -0.25) is 14.4 Å². The number of ether oxygens (including phenoxy) is 1. The molecule has 1 heterocycles. The maximum atomic E-state index is 13.2. The molecule has 0 aliphatic heterocycles. The molecule has 0 atom stereocenters. The van der Waals surface area contributed by atoms with Crippen LogP contribution in [0.4, 0.5) is 5.69 Å². The van der Waals surface area contributed by atoms with Crippen LogP contribution >= 0.6 is 0 Å². The van der Waals surface area contributed by atoms with Crippen LogP contribution in [0, 0.1) is 6.92 Å². The fourth-order valence-electron chi connectivity index (χ4n) is 4.86. The van der Waals surface area contributed by atoms with Crippen molar-refractivity contribution >= 4 is 33.3 Å². The van der Waals surface area contributed by atoms with E-state index in [9.17, 15) is 22.8 Å². The number of esters is 1. The summed E-state index contributed by atoms with van der Waals surface area (Å²) < 4.78 is 30.7. The minimum Gasteiger partial charge on any atom is -0.426 e. The molecule has 1 aliphatic carbocycles. The van der Waals surface area contributed by atoms with Crippen molar-refractivity contribution < 1.29 is 27.5 Å². The van der Waals surface area contributed by atoms with E-state index in [1.807, 2.05) is 12.1 Å². The van der Waals surface area contributed by atoms with Gasteiger partial charge in [-0.1, -0.05) is 12.1 Å². The summed E-state index contributed by atoms with van der Waals surface area (Å²) in [6.45, 7) is 2.99. The van der Waals surface area contributed by atoms with Crippen molar-refractivity contribution in [1.29, 1.82) is 0 Å². The highest BCUT2D eigenvalue weighted by atomic mass is 32.2. The van der Waals surface area contributed by atoms with Crippen LogP contribution < -0.4 is 15.8 Å². The Hall–Kier alpha value is -4.77. The van der Waals surface area contributed by atoms with Crippen LogP contribution in [0.1, 0.15) is 44.5 Å².